The normalized spacial score (nSPS) is 15.2. The Labute approximate surface area is 143 Å². The number of nitrogens with zero attached hydrogens (tertiary/aromatic N) is 2. The van der Waals surface area contributed by atoms with E-state index in [-0.39, 0.29) is 11.8 Å². The number of benzene rings is 1. The van der Waals surface area contributed by atoms with Crippen molar-refractivity contribution in [3.63, 3.8) is 0 Å². The lowest BCUT2D eigenvalue weighted by Crippen LogP contribution is -2.50. The first-order valence-electron chi connectivity index (χ1n) is 8.13. The lowest BCUT2D eigenvalue weighted by molar-refractivity contribution is -0.136. The summed E-state index contributed by atoms with van der Waals surface area (Å²) in [5, 5.41) is 0. The summed E-state index contributed by atoms with van der Waals surface area (Å²) in [6, 6.07) is 7.55. The Kier molecular flexibility index (Phi) is 6.61. The van der Waals surface area contributed by atoms with Crippen LogP contribution in [0.25, 0.3) is 0 Å². The number of amides is 2. The number of methoxy groups -OCH3 is 1. The topological polar surface area (TPSA) is 49.9 Å². The van der Waals surface area contributed by atoms with Crippen molar-refractivity contribution in [3.8, 4) is 5.75 Å². The molecular formula is C19H24N2O3. The van der Waals surface area contributed by atoms with Gasteiger partial charge in [0, 0.05) is 32.3 Å². The van der Waals surface area contributed by atoms with Crippen molar-refractivity contribution in [3.05, 3.63) is 54.1 Å². The molecule has 1 aromatic carbocycles. The molecule has 0 radical (unpaired) electrons. The molecule has 5 nitrogen and oxygen atoms in total. The molecule has 128 valence electrons. The van der Waals surface area contributed by atoms with Gasteiger partial charge in [0.1, 0.15) is 5.75 Å². The average molecular weight is 328 g/mol. The number of ether oxygens (including phenoxy) is 1. The molecule has 2 rings (SSSR count). The largest absolute Gasteiger partial charge is 0.497 e. The van der Waals surface area contributed by atoms with Crippen LogP contribution in [0.5, 0.6) is 5.75 Å². The van der Waals surface area contributed by atoms with Crippen molar-refractivity contribution in [2.75, 3.05) is 33.3 Å². The van der Waals surface area contributed by atoms with Gasteiger partial charge in [-0.05, 0) is 24.6 Å². The van der Waals surface area contributed by atoms with E-state index in [4.69, 9.17) is 4.74 Å². The number of carbonyl (C=O) groups excluding carboxylic acids is 2. The third-order valence-corrected chi connectivity index (χ3v) is 3.98. The van der Waals surface area contributed by atoms with E-state index in [1.807, 2.05) is 48.2 Å². The lowest BCUT2D eigenvalue weighted by atomic mass is 10.1. The van der Waals surface area contributed by atoms with Crippen LogP contribution in [-0.2, 0) is 16.0 Å². The molecule has 24 heavy (non-hydrogen) atoms. The summed E-state index contributed by atoms with van der Waals surface area (Å²) in [5.41, 5.74) is 0.937. The van der Waals surface area contributed by atoms with Gasteiger partial charge in [0.25, 0.3) is 0 Å². The van der Waals surface area contributed by atoms with E-state index in [2.05, 4.69) is 0 Å². The molecule has 0 spiro atoms. The Balaban J connectivity index is 1.85. The van der Waals surface area contributed by atoms with Crippen molar-refractivity contribution < 1.29 is 14.3 Å². The Morgan fingerprint density at radius 2 is 1.83 bits per heavy atom. The van der Waals surface area contributed by atoms with Gasteiger partial charge in [-0.15, -0.1) is 0 Å². The predicted molar refractivity (Wildman–Crippen MR) is 93.8 cm³/mol. The molecule has 5 heteroatoms. The van der Waals surface area contributed by atoms with Crippen LogP contribution in [0.1, 0.15) is 12.5 Å². The van der Waals surface area contributed by atoms with Gasteiger partial charge in [0.15, 0.2) is 0 Å². The van der Waals surface area contributed by atoms with E-state index in [0.717, 1.165) is 11.3 Å². The number of carbonyl (C=O) groups is 2. The Hall–Kier alpha value is -2.56. The van der Waals surface area contributed by atoms with E-state index in [9.17, 15) is 9.59 Å². The van der Waals surface area contributed by atoms with Crippen molar-refractivity contribution in [1.29, 1.82) is 0 Å². The number of piperazine rings is 1. The minimum Gasteiger partial charge on any atom is -0.497 e. The fraction of sp³-hybridized carbons (Fsp3) is 0.368. The first-order valence-corrected chi connectivity index (χ1v) is 8.13. The zero-order valence-corrected chi connectivity index (χ0v) is 14.3. The molecule has 1 aliphatic rings. The second kappa shape index (κ2) is 8.91. The maximum atomic E-state index is 12.4. The summed E-state index contributed by atoms with van der Waals surface area (Å²) < 4.78 is 5.18. The van der Waals surface area contributed by atoms with Gasteiger partial charge in [0.2, 0.25) is 11.8 Å². The maximum Gasteiger partial charge on any atom is 0.246 e. The first-order chi connectivity index (χ1) is 11.6. The zero-order valence-electron chi connectivity index (χ0n) is 14.3. The van der Waals surface area contributed by atoms with Crippen molar-refractivity contribution in [2.24, 2.45) is 0 Å². The molecule has 1 fully saturated rings. The number of hydrogen-bond acceptors (Lipinski definition) is 3. The maximum absolute atomic E-state index is 12.4. The van der Waals surface area contributed by atoms with Crippen LogP contribution in [0, 0.1) is 0 Å². The van der Waals surface area contributed by atoms with Crippen LogP contribution in [0.15, 0.2) is 48.6 Å². The van der Waals surface area contributed by atoms with Crippen LogP contribution in [0.2, 0.25) is 0 Å². The number of allylic oxidation sites excluding steroid dienone is 3. The van der Waals surface area contributed by atoms with Gasteiger partial charge in [0.05, 0.1) is 13.5 Å². The van der Waals surface area contributed by atoms with Gasteiger partial charge in [-0.2, -0.15) is 0 Å². The van der Waals surface area contributed by atoms with Crippen LogP contribution in [0.4, 0.5) is 0 Å². The molecule has 0 N–H and O–H groups in total. The minimum atomic E-state index is -0.00649. The Morgan fingerprint density at radius 1 is 1.12 bits per heavy atom. The first kappa shape index (κ1) is 17.8. The van der Waals surface area contributed by atoms with Crippen LogP contribution >= 0.6 is 0 Å². The SMILES string of the molecule is C/C=C/C=C\C(=O)N1CCN(C(=O)Cc2cccc(OC)c2)CC1. The van der Waals surface area contributed by atoms with E-state index in [1.54, 1.807) is 24.2 Å². The summed E-state index contributed by atoms with van der Waals surface area (Å²) in [6.07, 6.45) is 7.35. The van der Waals surface area contributed by atoms with Crippen LogP contribution in [0.3, 0.4) is 0 Å². The molecule has 0 unspecified atom stereocenters. The average Bonchev–Trinajstić information content (AvgIpc) is 2.62. The van der Waals surface area contributed by atoms with E-state index >= 15 is 0 Å². The molecule has 1 aliphatic heterocycles. The van der Waals surface area contributed by atoms with Gasteiger partial charge in [-0.1, -0.05) is 30.4 Å². The van der Waals surface area contributed by atoms with E-state index < -0.39 is 0 Å². The van der Waals surface area contributed by atoms with Crippen molar-refractivity contribution in [2.45, 2.75) is 13.3 Å². The summed E-state index contributed by atoms with van der Waals surface area (Å²) >= 11 is 0. The second-order valence-electron chi connectivity index (χ2n) is 5.62. The van der Waals surface area contributed by atoms with E-state index in [1.165, 1.54) is 0 Å². The smallest absolute Gasteiger partial charge is 0.246 e. The predicted octanol–water partition coefficient (Wildman–Crippen LogP) is 2.04. The minimum absolute atomic E-state index is 0.00649. The van der Waals surface area contributed by atoms with Crippen LogP contribution in [-0.4, -0.2) is 54.9 Å². The summed E-state index contributed by atoms with van der Waals surface area (Å²) in [6.45, 7) is 4.20. The molecule has 0 bridgehead atoms. The number of rotatable bonds is 5. The van der Waals surface area contributed by atoms with Crippen LogP contribution < -0.4 is 4.74 Å². The second-order valence-corrected chi connectivity index (χ2v) is 5.62. The molecule has 0 aliphatic carbocycles. The summed E-state index contributed by atoms with van der Waals surface area (Å²) in [4.78, 5) is 28.0. The molecule has 0 atom stereocenters. The number of hydrogen-bond donors (Lipinski definition) is 0. The fourth-order valence-corrected chi connectivity index (χ4v) is 2.60. The molecule has 0 aromatic heterocycles. The van der Waals surface area contributed by atoms with Gasteiger partial charge in [-0.25, -0.2) is 0 Å². The highest BCUT2D eigenvalue weighted by Crippen LogP contribution is 2.14. The zero-order chi connectivity index (χ0) is 17.4. The third-order valence-electron chi connectivity index (χ3n) is 3.98. The summed E-state index contributed by atoms with van der Waals surface area (Å²) in [7, 11) is 1.61. The monoisotopic (exact) mass is 328 g/mol. The standard InChI is InChI=1S/C19H24N2O3/c1-3-4-5-9-18(22)20-10-12-21(13-11-20)19(23)15-16-7-6-8-17(14-16)24-2/h3-9,14H,10-13,15H2,1-2H3/b4-3+,9-5-. The van der Waals surface area contributed by atoms with Gasteiger partial charge >= 0.3 is 0 Å². The molecule has 0 saturated carbocycles. The molecule has 1 aromatic rings. The highest BCUT2D eigenvalue weighted by atomic mass is 16.5. The molecule has 1 heterocycles. The third kappa shape index (κ3) is 4.98. The summed E-state index contributed by atoms with van der Waals surface area (Å²) in [5.74, 6) is 0.830. The highest BCUT2D eigenvalue weighted by Gasteiger charge is 2.23. The lowest BCUT2D eigenvalue weighted by Gasteiger charge is -2.34. The quantitative estimate of drug-likeness (QED) is 0.614. The Morgan fingerprint density at radius 3 is 2.50 bits per heavy atom. The van der Waals surface area contributed by atoms with E-state index in [0.29, 0.717) is 32.6 Å². The fourth-order valence-electron chi connectivity index (χ4n) is 2.60. The van der Waals surface area contributed by atoms with Crippen molar-refractivity contribution in [1.82, 2.24) is 9.80 Å². The van der Waals surface area contributed by atoms with Gasteiger partial charge < -0.3 is 14.5 Å². The Bertz CT molecular complexity index is 629. The molecule has 1 saturated heterocycles. The highest BCUT2D eigenvalue weighted by molar-refractivity contribution is 5.88. The molecular weight excluding hydrogens is 304 g/mol. The van der Waals surface area contributed by atoms with Crippen molar-refractivity contribution >= 4 is 11.8 Å². The van der Waals surface area contributed by atoms with Gasteiger partial charge in [-0.3, -0.25) is 9.59 Å². The molecule has 2 amide bonds.